The maximum Gasteiger partial charge on any atom is 0.329 e. The molecule has 2 heterocycles. The maximum absolute atomic E-state index is 10.4. The highest BCUT2D eigenvalue weighted by Crippen LogP contribution is 2.18. The van der Waals surface area contributed by atoms with Crippen molar-refractivity contribution in [2.24, 2.45) is 0 Å². The smallest absolute Gasteiger partial charge is 0.329 e. The molecule has 0 radical (unpaired) electrons. The van der Waals surface area contributed by atoms with E-state index < -0.39 is 5.97 Å². The van der Waals surface area contributed by atoms with Gasteiger partial charge >= 0.3 is 5.97 Å². The fourth-order valence-electron chi connectivity index (χ4n) is 2.26. The van der Waals surface area contributed by atoms with Gasteiger partial charge in [-0.1, -0.05) is 0 Å². The minimum absolute atomic E-state index is 0.0262. The molecule has 0 aromatic carbocycles. The highest BCUT2D eigenvalue weighted by molar-refractivity contribution is 5.68. The Bertz CT molecular complexity index is 436. The number of ether oxygens (including phenoxy) is 1. The molecule has 0 spiro atoms. The third kappa shape index (κ3) is 3.89. The average Bonchev–Trinajstić information content (AvgIpc) is 2.36. The summed E-state index contributed by atoms with van der Waals surface area (Å²) < 4.78 is 5.31. The van der Waals surface area contributed by atoms with Crippen LogP contribution >= 0.6 is 0 Å². The molecular formula is C13H19N3O3. The minimum atomic E-state index is -0.917. The molecule has 0 amide bonds. The summed E-state index contributed by atoms with van der Waals surface area (Å²) in [5.41, 5.74) is 1.93. The van der Waals surface area contributed by atoms with Crippen LogP contribution in [-0.4, -0.2) is 46.8 Å². The lowest BCUT2D eigenvalue weighted by atomic mass is 10.1. The number of aromatic nitrogens is 2. The second-order valence-electron chi connectivity index (χ2n) is 4.84. The SMILES string of the molecule is Cc1cc(C)nc(N2CCC(OCC(=O)O)CC2)n1. The second kappa shape index (κ2) is 5.97. The van der Waals surface area contributed by atoms with E-state index in [1.54, 1.807) is 0 Å². The van der Waals surface area contributed by atoms with Gasteiger partial charge in [0.2, 0.25) is 5.95 Å². The number of nitrogens with zero attached hydrogens (tertiary/aromatic N) is 3. The van der Waals surface area contributed by atoms with E-state index in [4.69, 9.17) is 9.84 Å². The quantitative estimate of drug-likeness (QED) is 0.880. The monoisotopic (exact) mass is 265 g/mol. The Morgan fingerprint density at radius 1 is 1.37 bits per heavy atom. The summed E-state index contributed by atoms with van der Waals surface area (Å²) in [5, 5.41) is 8.58. The number of hydrogen-bond acceptors (Lipinski definition) is 5. The Morgan fingerprint density at radius 2 is 1.95 bits per heavy atom. The van der Waals surface area contributed by atoms with Crippen molar-refractivity contribution in [2.45, 2.75) is 32.8 Å². The Balaban J connectivity index is 1.90. The standard InChI is InChI=1S/C13H19N3O3/c1-9-7-10(2)15-13(14-9)16-5-3-11(4-6-16)19-8-12(17)18/h7,11H,3-6,8H2,1-2H3,(H,17,18). The van der Waals surface area contributed by atoms with E-state index in [0.717, 1.165) is 43.3 Å². The van der Waals surface area contributed by atoms with Crippen molar-refractivity contribution in [1.29, 1.82) is 0 Å². The Hall–Kier alpha value is -1.69. The predicted octanol–water partition coefficient (Wildman–Crippen LogP) is 1.16. The molecule has 6 nitrogen and oxygen atoms in total. The normalized spacial score (nSPS) is 16.6. The molecule has 1 aliphatic rings. The van der Waals surface area contributed by atoms with Crippen LogP contribution < -0.4 is 4.90 Å². The van der Waals surface area contributed by atoms with E-state index in [-0.39, 0.29) is 12.7 Å². The average molecular weight is 265 g/mol. The number of anilines is 1. The fourth-order valence-corrected chi connectivity index (χ4v) is 2.26. The molecular weight excluding hydrogens is 246 g/mol. The summed E-state index contributed by atoms with van der Waals surface area (Å²) in [7, 11) is 0. The van der Waals surface area contributed by atoms with Crippen LogP contribution in [0.25, 0.3) is 0 Å². The molecule has 1 aliphatic heterocycles. The van der Waals surface area contributed by atoms with Gasteiger partial charge in [0, 0.05) is 24.5 Å². The van der Waals surface area contributed by atoms with Crippen molar-refractivity contribution in [1.82, 2.24) is 9.97 Å². The van der Waals surface area contributed by atoms with Crippen molar-refractivity contribution in [3.8, 4) is 0 Å². The highest BCUT2D eigenvalue weighted by atomic mass is 16.5. The van der Waals surface area contributed by atoms with E-state index in [9.17, 15) is 4.79 Å². The second-order valence-corrected chi connectivity index (χ2v) is 4.84. The number of aryl methyl sites for hydroxylation is 2. The molecule has 2 rings (SSSR count). The van der Waals surface area contributed by atoms with Gasteiger partial charge in [-0.05, 0) is 32.8 Å². The first kappa shape index (κ1) is 13.7. The number of aliphatic carboxylic acids is 1. The molecule has 0 saturated carbocycles. The number of rotatable bonds is 4. The molecule has 0 atom stereocenters. The lowest BCUT2D eigenvalue weighted by Gasteiger charge is -2.31. The summed E-state index contributed by atoms with van der Waals surface area (Å²) in [6.45, 7) is 5.30. The number of carboxylic acids is 1. The van der Waals surface area contributed by atoms with Crippen molar-refractivity contribution in [3.05, 3.63) is 17.5 Å². The lowest BCUT2D eigenvalue weighted by Crippen LogP contribution is -2.38. The summed E-state index contributed by atoms with van der Waals surface area (Å²) in [4.78, 5) is 21.4. The topological polar surface area (TPSA) is 75.6 Å². The van der Waals surface area contributed by atoms with Crippen LogP contribution in [-0.2, 0) is 9.53 Å². The molecule has 6 heteroatoms. The molecule has 19 heavy (non-hydrogen) atoms. The number of carboxylic acid groups (broad SMARTS) is 1. The first-order valence-electron chi connectivity index (χ1n) is 6.45. The van der Waals surface area contributed by atoms with Gasteiger partial charge in [0.25, 0.3) is 0 Å². The van der Waals surface area contributed by atoms with Gasteiger partial charge in [0.15, 0.2) is 0 Å². The molecule has 1 saturated heterocycles. The molecule has 0 bridgehead atoms. The van der Waals surface area contributed by atoms with E-state index in [1.165, 1.54) is 0 Å². The van der Waals surface area contributed by atoms with Gasteiger partial charge in [0.05, 0.1) is 6.10 Å². The van der Waals surface area contributed by atoms with Gasteiger partial charge in [-0.15, -0.1) is 0 Å². The van der Waals surface area contributed by atoms with E-state index in [2.05, 4.69) is 14.9 Å². The van der Waals surface area contributed by atoms with Gasteiger partial charge in [-0.3, -0.25) is 0 Å². The van der Waals surface area contributed by atoms with Gasteiger partial charge in [-0.2, -0.15) is 0 Å². The number of piperidine rings is 1. The first-order chi connectivity index (χ1) is 9.04. The fraction of sp³-hybridized carbons (Fsp3) is 0.615. The third-order valence-electron chi connectivity index (χ3n) is 3.14. The van der Waals surface area contributed by atoms with E-state index in [0.29, 0.717) is 0 Å². The van der Waals surface area contributed by atoms with Crippen LogP contribution in [0.2, 0.25) is 0 Å². The van der Waals surface area contributed by atoms with Crippen LogP contribution in [0.1, 0.15) is 24.2 Å². The summed E-state index contributed by atoms with van der Waals surface area (Å²) in [6.07, 6.45) is 1.64. The summed E-state index contributed by atoms with van der Waals surface area (Å²) in [6, 6.07) is 1.95. The molecule has 1 fully saturated rings. The van der Waals surface area contributed by atoms with Crippen LogP contribution in [0.15, 0.2) is 6.07 Å². The van der Waals surface area contributed by atoms with Crippen molar-refractivity contribution < 1.29 is 14.6 Å². The third-order valence-corrected chi connectivity index (χ3v) is 3.14. The van der Waals surface area contributed by atoms with Crippen molar-refractivity contribution in [3.63, 3.8) is 0 Å². The Kier molecular flexibility index (Phi) is 4.31. The van der Waals surface area contributed by atoms with Crippen LogP contribution in [0.3, 0.4) is 0 Å². The maximum atomic E-state index is 10.4. The highest BCUT2D eigenvalue weighted by Gasteiger charge is 2.22. The van der Waals surface area contributed by atoms with Crippen LogP contribution in [0.4, 0.5) is 5.95 Å². The molecule has 1 aromatic heterocycles. The molecule has 0 unspecified atom stereocenters. The van der Waals surface area contributed by atoms with Gasteiger partial charge in [-0.25, -0.2) is 14.8 Å². The summed E-state index contributed by atoms with van der Waals surface area (Å²) >= 11 is 0. The lowest BCUT2D eigenvalue weighted by molar-refractivity contribution is -0.144. The zero-order chi connectivity index (χ0) is 13.8. The molecule has 104 valence electrons. The Morgan fingerprint density at radius 3 is 2.47 bits per heavy atom. The zero-order valence-corrected chi connectivity index (χ0v) is 11.3. The predicted molar refractivity (Wildman–Crippen MR) is 70.3 cm³/mol. The van der Waals surface area contributed by atoms with Gasteiger partial charge in [0.1, 0.15) is 6.61 Å². The number of carbonyl (C=O) groups is 1. The first-order valence-corrected chi connectivity index (χ1v) is 6.45. The summed E-state index contributed by atoms with van der Waals surface area (Å²) in [5.74, 6) is -0.158. The molecule has 0 aliphatic carbocycles. The van der Waals surface area contributed by atoms with Gasteiger partial charge < -0.3 is 14.7 Å². The largest absolute Gasteiger partial charge is 0.480 e. The number of hydrogen-bond donors (Lipinski definition) is 1. The van der Waals surface area contributed by atoms with Crippen LogP contribution in [0.5, 0.6) is 0 Å². The van der Waals surface area contributed by atoms with Crippen LogP contribution in [0, 0.1) is 13.8 Å². The Labute approximate surface area is 112 Å². The molecule has 1 N–H and O–H groups in total. The molecule has 1 aromatic rings. The van der Waals surface area contributed by atoms with Crippen molar-refractivity contribution in [2.75, 3.05) is 24.6 Å². The van der Waals surface area contributed by atoms with E-state index >= 15 is 0 Å². The minimum Gasteiger partial charge on any atom is -0.480 e. The van der Waals surface area contributed by atoms with Crippen molar-refractivity contribution >= 4 is 11.9 Å². The van der Waals surface area contributed by atoms with E-state index in [1.807, 2.05) is 19.9 Å². The zero-order valence-electron chi connectivity index (χ0n) is 11.3.